The van der Waals surface area contributed by atoms with Crippen LogP contribution in [0.1, 0.15) is 11.3 Å². The summed E-state index contributed by atoms with van der Waals surface area (Å²) in [5.41, 5.74) is 3.55. The second kappa shape index (κ2) is 2.84. The Morgan fingerprint density at radius 1 is 1.31 bits per heavy atom. The van der Waals surface area contributed by atoms with E-state index >= 15 is 0 Å². The fourth-order valence-corrected chi connectivity index (χ4v) is 2.35. The summed E-state index contributed by atoms with van der Waals surface area (Å²) in [7, 11) is 1.97. The third-order valence-corrected chi connectivity index (χ3v) is 2.96. The highest BCUT2D eigenvalue weighted by atomic mass is 79.9. The van der Waals surface area contributed by atoms with Crippen molar-refractivity contribution in [2.45, 2.75) is 13.8 Å². The SMILES string of the molecule is Cc1ccc(Br)c2c1c(C)nn2C. The highest BCUT2D eigenvalue weighted by molar-refractivity contribution is 9.10. The number of aryl methyl sites for hydroxylation is 3. The van der Waals surface area contributed by atoms with Gasteiger partial charge in [-0.3, -0.25) is 4.68 Å². The first-order chi connectivity index (χ1) is 6.11. The summed E-state index contributed by atoms with van der Waals surface area (Å²) in [4.78, 5) is 0. The minimum atomic E-state index is 1.09. The van der Waals surface area contributed by atoms with Gasteiger partial charge in [-0.2, -0.15) is 5.10 Å². The summed E-state index contributed by atoms with van der Waals surface area (Å²) in [5.74, 6) is 0. The largest absolute Gasteiger partial charge is 0.267 e. The molecule has 0 aliphatic rings. The zero-order valence-electron chi connectivity index (χ0n) is 7.93. The van der Waals surface area contributed by atoms with Gasteiger partial charge >= 0.3 is 0 Å². The van der Waals surface area contributed by atoms with Crippen LogP contribution < -0.4 is 0 Å². The van der Waals surface area contributed by atoms with E-state index in [0.717, 1.165) is 10.2 Å². The van der Waals surface area contributed by atoms with Gasteiger partial charge in [0, 0.05) is 16.9 Å². The molecule has 0 aliphatic carbocycles. The van der Waals surface area contributed by atoms with Gasteiger partial charge in [0.2, 0.25) is 0 Å². The average Bonchev–Trinajstić information content (AvgIpc) is 2.36. The number of halogens is 1. The smallest absolute Gasteiger partial charge is 0.0826 e. The maximum absolute atomic E-state index is 4.40. The van der Waals surface area contributed by atoms with Gasteiger partial charge in [-0.1, -0.05) is 6.07 Å². The van der Waals surface area contributed by atoms with Crippen LogP contribution in [0, 0.1) is 13.8 Å². The van der Waals surface area contributed by atoms with Crippen molar-refractivity contribution in [1.82, 2.24) is 9.78 Å². The minimum Gasteiger partial charge on any atom is -0.267 e. The zero-order chi connectivity index (χ0) is 9.59. The maximum atomic E-state index is 4.40. The first-order valence-electron chi connectivity index (χ1n) is 4.19. The molecule has 0 saturated carbocycles. The monoisotopic (exact) mass is 238 g/mol. The van der Waals surface area contributed by atoms with Crippen LogP contribution >= 0.6 is 15.9 Å². The highest BCUT2D eigenvalue weighted by Crippen LogP contribution is 2.28. The molecular weight excluding hydrogens is 228 g/mol. The zero-order valence-corrected chi connectivity index (χ0v) is 9.51. The van der Waals surface area contributed by atoms with Crippen LogP contribution in [-0.4, -0.2) is 9.78 Å². The summed E-state index contributed by atoms with van der Waals surface area (Å²) in [5, 5.41) is 5.66. The molecule has 0 amide bonds. The Morgan fingerprint density at radius 3 is 2.62 bits per heavy atom. The standard InChI is InChI=1S/C10H11BrN2/c1-6-4-5-8(11)10-9(6)7(2)12-13(10)3/h4-5H,1-3H3. The average molecular weight is 239 g/mol. The molecule has 0 unspecified atom stereocenters. The number of hydrogen-bond acceptors (Lipinski definition) is 1. The molecule has 0 bridgehead atoms. The van der Waals surface area contributed by atoms with Gasteiger partial charge < -0.3 is 0 Å². The van der Waals surface area contributed by atoms with Crippen molar-refractivity contribution in [3.8, 4) is 0 Å². The minimum absolute atomic E-state index is 1.09. The predicted octanol–water partition coefficient (Wildman–Crippen LogP) is 2.95. The van der Waals surface area contributed by atoms with Gasteiger partial charge in [0.15, 0.2) is 0 Å². The van der Waals surface area contributed by atoms with E-state index in [2.05, 4.69) is 40.1 Å². The third-order valence-electron chi connectivity index (χ3n) is 2.32. The molecule has 68 valence electrons. The molecule has 2 nitrogen and oxygen atoms in total. The molecule has 1 aromatic heterocycles. The Bertz CT molecular complexity index is 429. The van der Waals surface area contributed by atoms with Crippen LogP contribution in [0.15, 0.2) is 16.6 Å². The summed E-state index contributed by atoms with van der Waals surface area (Å²) in [6.45, 7) is 4.16. The first kappa shape index (κ1) is 8.75. The molecule has 1 aromatic carbocycles. The van der Waals surface area contributed by atoms with Gasteiger partial charge in [0.25, 0.3) is 0 Å². The Kier molecular flexibility index (Phi) is 1.91. The van der Waals surface area contributed by atoms with E-state index < -0.39 is 0 Å². The van der Waals surface area contributed by atoms with Gasteiger partial charge in [-0.25, -0.2) is 0 Å². The lowest BCUT2D eigenvalue weighted by molar-refractivity contribution is 0.782. The van der Waals surface area contributed by atoms with Gasteiger partial charge in [0.05, 0.1) is 11.2 Å². The molecule has 0 aliphatic heterocycles. The van der Waals surface area contributed by atoms with Gasteiger partial charge in [-0.15, -0.1) is 0 Å². The van der Waals surface area contributed by atoms with Crippen molar-refractivity contribution in [3.05, 3.63) is 27.9 Å². The lowest BCUT2D eigenvalue weighted by Gasteiger charge is -2.00. The number of nitrogens with zero attached hydrogens (tertiary/aromatic N) is 2. The Morgan fingerprint density at radius 2 is 2.00 bits per heavy atom. The van der Waals surface area contributed by atoms with Crippen molar-refractivity contribution in [2.75, 3.05) is 0 Å². The normalized spacial score (nSPS) is 11.1. The molecule has 1 heterocycles. The van der Waals surface area contributed by atoms with Crippen molar-refractivity contribution in [1.29, 1.82) is 0 Å². The van der Waals surface area contributed by atoms with Gasteiger partial charge in [0.1, 0.15) is 0 Å². The molecule has 0 radical (unpaired) electrons. The maximum Gasteiger partial charge on any atom is 0.0826 e. The Labute approximate surface area is 85.7 Å². The molecule has 2 rings (SSSR count). The summed E-state index contributed by atoms with van der Waals surface area (Å²) >= 11 is 3.53. The molecular formula is C10H11BrN2. The fraction of sp³-hybridized carbons (Fsp3) is 0.300. The van der Waals surface area contributed by atoms with E-state index in [0.29, 0.717) is 0 Å². The summed E-state index contributed by atoms with van der Waals surface area (Å²) in [6, 6.07) is 4.18. The number of aromatic nitrogens is 2. The molecule has 0 N–H and O–H groups in total. The first-order valence-corrected chi connectivity index (χ1v) is 4.99. The van der Waals surface area contributed by atoms with Crippen molar-refractivity contribution < 1.29 is 0 Å². The van der Waals surface area contributed by atoms with E-state index in [-0.39, 0.29) is 0 Å². The molecule has 3 heteroatoms. The lowest BCUT2D eigenvalue weighted by atomic mass is 10.1. The Balaban J connectivity index is 3.03. The quantitative estimate of drug-likeness (QED) is 0.691. The van der Waals surface area contributed by atoms with Gasteiger partial charge in [-0.05, 0) is 41.4 Å². The summed E-state index contributed by atoms with van der Waals surface area (Å²) in [6.07, 6.45) is 0. The van der Waals surface area contributed by atoms with Crippen LogP contribution in [0.25, 0.3) is 10.9 Å². The van der Waals surface area contributed by atoms with Crippen molar-refractivity contribution >= 4 is 26.8 Å². The predicted molar refractivity (Wildman–Crippen MR) is 57.9 cm³/mol. The van der Waals surface area contributed by atoms with Crippen LogP contribution in [0.5, 0.6) is 0 Å². The van der Waals surface area contributed by atoms with Crippen LogP contribution in [0.2, 0.25) is 0 Å². The number of fused-ring (bicyclic) bond motifs is 1. The van der Waals surface area contributed by atoms with Crippen LogP contribution in [-0.2, 0) is 7.05 Å². The van der Waals surface area contributed by atoms with Crippen LogP contribution in [0.4, 0.5) is 0 Å². The number of hydrogen-bond donors (Lipinski definition) is 0. The fourth-order valence-electron chi connectivity index (χ4n) is 1.76. The third kappa shape index (κ3) is 1.18. The molecule has 2 aromatic rings. The lowest BCUT2D eigenvalue weighted by Crippen LogP contribution is -1.90. The van der Waals surface area contributed by atoms with Crippen molar-refractivity contribution in [3.63, 3.8) is 0 Å². The van der Waals surface area contributed by atoms with E-state index in [1.807, 2.05) is 18.7 Å². The van der Waals surface area contributed by atoms with Crippen LogP contribution in [0.3, 0.4) is 0 Å². The number of benzene rings is 1. The topological polar surface area (TPSA) is 17.8 Å². The highest BCUT2D eigenvalue weighted by Gasteiger charge is 2.09. The Hall–Kier alpha value is -0.830. The van der Waals surface area contributed by atoms with Crippen molar-refractivity contribution in [2.24, 2.45) is 7.05 Å². The molecule has 0 saturated heterocycles. The second-order valence-corrected chi connectivity index (χ2v) is 4.15. The van der Waals surface area contributed by atoms with E-state index in [4.69, 9.17) is 0 Å². The van der Waals surface area contributed by atoms with E-state index in [1.165, 1.54) is 16.5 Å². The molecule has 0 spiro atoms. The molecule has 0 fully saturated rings. The number of rotatable bonds is 0. The summed E-state index contributed by atoms with van der Waals surface area (Å²) < 4.78 is 3.03. The van der Waals surface area contributed by atoms with E-state index in [9.17, 15) is 0 Å². The molecule has 0 atom stereocenters. The van der Waals surface area contributed by atoms with E-state index in [1.54, 1.807) is 0 Å². The second-order valence-electron chi connectivity index (χ2n) is 3.30. The molecule has 13 heavy (non-hydrogen) atoms.